The van der Waals surface area contributed by atoms with E-state index in [0.29, 0.717) is 39.3 Å². The van der Waals surface area contributed by atoms with Gasteiger partial charge in [-0.2, -0.15) is 0 Å². The SMILES string of the molecule is CN(CC(=O)OC(C)(C)C)C(=O)CN1CCNCCN(CC(=O)N(C)CC(=O)OC(C)(C)C)Cc2cccc(n2)C1. The Labute approximate surface area is 244 Å². The largest absolute Gasteiger partial charge is 0.459 e. The van der Waals surface area contributed by atoms with E-state index in [1.54, 1.807) is 55.6 Å². The highest BCUT2D eigenvalue weighted by atomic mass is 16.6. The van der Waals surface area contributed by atoms with Crippen LogP contribution in [-0.2, 0) is 41.7 Å². The van der Waals surface area contributed by atoms with Gasteiger partial charge in [-0.15, -0.1) is 0 Å². The molecule has 0 aromatic carbocycles. The van der Waals surface area contributed by atoms with Gasteiger partial charge in [0.15, 0.2) is 0 Å². The fraction of sp³-hybridized carbons (Fsp3) is 0.690. The predicted molar refractivity (Wildman–Crippen MR) is 155 cm³/mol. The van der Waals surface area contributed by atoms with Crippen LogP contribution in [0.5, 0.6) is 0 Å². The molecule has 2 rings (SSSR count). The molecule has 0 saturated carbocycles. The fourth-order valence-corrected chi connectivity index (χ4v) is 4.13. The summed E-state index contributed by atoms with van der Waals surface area (Å²) in [6.07, 6.45) is 0. The minimum Gasteiger partial charge on any atom is -0.459 e. The summed E-state index contributed by atoms with van der Waals surface area (Å²) < 4.78 is 10.7. The number of ether oxygens (including phenoxy) is 2. The van der Waals surface area contributed by atoms with Crippen molar-refractivity contribution in [3.63, 3.8) is 0 Å². The molecule has 1 N–H and O–H groups in total. The maximum atomic E-state index is 12.9. The molecule has 0 atom stereocenters. The zero-order chi connectivity index (χ0) is 30.8. The van der Waals surface area contributed by atoms with Gasteiger partial charge < -0.3 is 24.6 Å². The Hall–Kier alpha value is -3.09. The Kier molecular flexibility index (Phi) is 12.7. The van der Waals surface area contributed by atoms with E-state index in [1.165, 1.54) is 9.80 Å². The van der Waals surface area contributed by atoms with Crippen LogP contribution in [0.15, 0.2) is 18.2 Å². The second kappa shape index (κ2) is 15.2. The maximum Gasteiger partial charge on any atom is 0.326 e. The molecule has 1 aromatic rings. The molecule has 2 bridgehead atoms. The monoisotopic (exact) mass is 576 g/mol. The highest BCUT2D eigenvalue weighted by Gasteiger charge is 2.23. The highest BCUT2D eigenvalue weighted by molar-refractivity contribution is 5.83. The first-order valence-corrected chi connectivity index (χ1v) is 14.0. The number of likely N-dealkylation sites (N-methyl/N-ethyl adjacent to an activating group) is 2. The van der Waals surface area contributed by atoms with E-state index in [9.17, 15) is 19.2 Å². The van der Waals surface area contributed by atoms with Gasteiger partial charge in [-0.25, -0.2) is 0 Å². The first kappa shape index (κ1) is 34.1. The topological polar surface area (TPSA) is 125 Å². The molecule has 0 saturated heterocycles. The number of fused-ring (bicyclic) bond motifs is 2. The average molecular weight is 577 g/mol. The molecule has 12 nitrogen and oxygen atoms in total. The van der Waals surface area contributed by atoms with Crippen molar-refractivity contribution >= 4 is 23.8 Å². The van der Waals surface area contributed by atoms with E-state index in [1.807, 2.05) is 28.0 Å². The van der Waals surface area contributed by atoms with Crippen molar-refractivity contribution in [2.75, 3.05) is 66.5 Å². The molecule has 2 heterocycles. The van der Waals surface area contributed by atoms with Crippen LogP contribution in [0.3, 0.4) is 0 Å². The van der Waals surface area contributed by atoms with Crippen molar-refractivity contribution in [2.45, 2.75) is 65.8 Å². The van der Waals surface area contributed by atoms with E-state index in [2.05, 4.69) is 5.32 Å². The smallest absolute Gasteiger partial charge is 0.326 e. The minimum absolute atomic E-state index is 0.114. The number of rotatable bonds is 8. The molecule has 41 heavy (non-hydrogen) atoms. The van der Waals surface area contributed by atoms with Gasteiger partial charge in [-0.05, 0) is 53.7 Å². The van der Waals surface area contributed by atoms with E-state index >= 15 is 0 Å². The molecular weight excluding hydrogens is 528 g/mol. The number of carbonyl (C=O) groups excluding carboxylic acids is 4. The van der Waals surface area contributed by atoms with Gasteiger partial charge in [0.2, 0.25) is 11.8 Å². The second-order valence-electron chi connectivity index (χ2n) is 12.5. The highest BCUT2D eigenvalue weighted by Crippen LogP contribution is 2.11. The standard InChI is InChI=1S/C29H48N6O6/c1-28(2,3)40-26(38)20-32(7)24(36)18-34-14-12-30-13-15-35(17-23-11-9-10-22(16-34)31-23)19-25(37)33(8)21-27(39)41-29(4,5)6/h9-11,30H,12-21H2,1-8H3. The Morgan fingerprint density at radius 2 is 1.17 bits per heavy atom. The van der Waals surface area contributed by atoms with Crippen LogP contribution in [0.1, 0.15) is 52.9 Å². The lowest BCUT2D eigenvalue weighted by molar-refractivity contribution is -0.158. The molecule has 1 aliphatic rings. The maximum absolute atomic E-state index is 12.9. The van der Waals surface area contributed by atoms with E-state index in [0.717, 1.165) is 11.4 Å². The predicted octanol–water partition coefficient (Wildman–Crippen LogP) is 0.889. The van der Waals surface area contributed by atoms with Gasteiger partial charge in [-0.1, -0.05) is 6.07 Å². The molecule has 12 heteroatoms. The number of hydrogen-bond acceptors (Lipinski definition) is 10. The van der Waals surface area contributed by atoms with Crippen LogP contribution >= 0.6 is 0 Å². The first-order valence-electron chi connectivity index (χ1n) is 14.0. The fourth-order valence-electron chi connectivity index (χ4n) is 4.13. The number of pyridine rings is 1. The van der Waals surface area contributed by atoms with Crippen LogP contribution < -0.4 is 5.32 Å². The number of esters is 2. The number of nitrogens with one attached hydrogen (secondary N) is 1. The average Bonchev–Trinajstić information content (AvgIpc) is 2.80. The van der Waals surface area contributed by atoms with Crippen molar-refractivity contribution < 1.29 is 28.7 Å². The molecular formula is C29H48N6O6. The number of carbonyl (C=O) groups is 4. The summed E-state index contributed by atoms with van der Waals surface area (Å²) in [5, 5.41) is 3.39. The summed E-state index contributed by atoms with van der Waals surface area (Å²) in [6, 6.07) is 5.74. The van der Waals surface area contributed by atoms with Crippen molar-refractivity contribution in [1.82, 2.24) is 29.9 Å². The lowest BCUT2D eigenvalue weighted by Gasteiger charge is -2.28. The molecule has 230 valence electrons. The quantitative estimate of drug-likeness (QED) is 0.446. The Bertz CT molecular complexity index is 974. The summed E-state index contributed by atoms with van der Waals surface area (Å²) in [5.41, 5.74) is 0.385. The second-order valence-corrected chi connectivity index (χ2v) is 12.5. The van der Waals surface area contributed by atoms with Crippen molar-refractivity contribution in [1.29, 1.82) is 0 Å². The molecule has 1 aromatic heterocycles. The van der Waals surface area contributed by atoms with Gasteiger partial charge in [-0.3, -0.25) is 34.0 Å². The first-order chi connectivity index (χ1) is 19.0. The minimum atomic E-state index is -0.612. The van der Waals surface area contributed by atoms with Crippen LogP contribution in [0, 0.1) is 0 Å². The molecule has 0 aliphatic carbocycles. The Morgan fingerprint density at radius 1 is 0.780 bits per heavy atom. The molecule has 0 spiro atoms. The molecule has 0 fully saturated rings. The summed E-state index contributed by atoms with van der Waals surface area (Å²) in [7, 11) is 3.20. The summed E-state index contributed by atoms with van der Waals surface area (Å²) in [6.45, 7) is 14.2. The molecule has 2 amide bonds. The zero-order valence-electron chi connectivity index (χ0n) is 26.0. The summed E-state index contributed by atoms with van der Waals surface area (Å²) in [4.78, 5) is 61.7. The van der Waals surface area contributed by atoms with Gasteiger partial charge in [0.05, 0.1) is 24.5 Å². The summed E-state index contributed by atoms with van der Waals surface area (Å²) in [5.74, 6) is -1.26. The van der Waals surface area contributed by atoms with Crippen molar-refractivity contribution in [2.24, 2.45) is 0 Å². The van der Waals surface area contributed by atoms with Crippen molar-refractivity contribution in [3.8, 4) is 0 Å². The van der Waals surface area contributed by atoms with Crippen LogP contribution in [-0.4, -0.2) is 126 Å². The lowest BCUT2D eigenvalue weighted by atomic mass is 10.2. The van der Waals surface area contributed by atoms with Gasteiger partial charge in [0.25, 0.3) is 0 Å². The third-order valence-corrected chi connectivity index (χ3v) is 5.99. The number of hydrogen-bond donors (Lipinski definition) is 1. The Balaban J connectivity index is 2.02. The molecule has 0 radical (unpaired) electrons. The van der Waals surface area contributed by atoms with E-state index in [-0.39, 0.29) is 38.0 Å². The van der Waals surface area contributed by atoms with E-state index in [4.69, 9.17) is 14.5 Å². The van der Waals surface area contributed by atoms with Crippen molar-refractivity contribution in [3.05, 3.63) is 29.6 Å². The third kappa shape index (κ3) is 13.9. The van der Waals surface area contributed by atoms with Gasteiger partial charge in [0, 0.05) is 53.4 Å². The third-order valence-electron chi connectivity index (χ3n) is 5.99. The van der Waals surface area contributed by atoms with Crippen LogP contribution in [0.4, 0.5) is 0 Å². The van der Waals surface area contributed by atoms with Crippen LogP contribution in [0.25, 0.3) is 0 Å². The number of nitrogens with zero attached hydrogens (tertiary/aromatic N) is 5. The van der Waals surface area contributed by atoms with E-state index < -0.39 is 23.1 Å². The number of amides is 2. The van der Waals surface area contributed by atoms with Gasteiger partial charge in [0.1, 0.15) is 24.3 Å². The molecule has 1 aliphatic heterocycles. The zero-order valence-corrected chi connectivity index (χ0v) is 26.0. The molecule has 0 unspecified atom stereocenters. The normalized spacial score (nSPS) is 15.7. The van der Waals surface area contributed by atoms with Crippen LogP contribution in [0.2, 0.25) is 0 Å². The lowest BCUT2D eigenvalue weighted by Crippen LogP contribution is -2.45. The summed E-state index contributed by atoms with van der Waals surface area (Å²) >= 11 is 0. The van der Waals surface area contributed by atoms with Gasteiger partial charge >= 0.3 is 11.9 Å². The Morgan fingerprint density at radius 3 is 1.54 bits per heavy atom. The number of aromatic nitrogens is 1.